The first-order chi connectivity index (χ1) is 14.4. The van der Waals surface area contributed by atoms with E-state index in [0.717, 1.165) is 29.9 Å². The predicted molar refractivity (Wildman–Crippen MR) is 112 cm³/mol. The molecule has 6 nitrogen and oxygen atoms in total. The van der Waals surface area contributed by atoms with Gasteiger partial charge in [-0.3, -0.25) is 4.98 Å². The maximum Gasteiger partial charge on any atom is 0.0701 e. The first kappa shape index (κ1) is 21.3. The van der Waals surface area contributed by atoms with Crippen LogP contribution in [0.5, 0.6) is 0 Å². The standard InChI is InChI=1S/C23H28N2O4/c1(2-22-7-9-24-10-8-22)21-3-5-23(6-4-21)25-11-13-26-15-17-28-19-20-29-18-16-27-14-12-25/h3-10H,11-20H2. The van der Waals surface area contributed by atoms with Crippen LogP contribution in [0.4, 0.5) is 5.69 Å². The second kappa shape index (κ2) is 12.9. The van der Waals surface area contributed by atoms with E-state index in [1.165, 1.54) is 0 Å². The van der Waals surface area contributed by atoms with Gasteiger partial charge in [-0.1, -0.05) is 11.8 Å². The third-order valence-corrected chi connectivity index (χ3v) is 4.39. The van der Waals surface area contributed by atoms with Crippen molar-refractivity contribution in [2.24, 2.45) is 0 Å². The Balaban J connectivity index is 1.58. The molecule has 1 fully saturated rings. The van der Waals surface area contributed by atoms with E-state index >= 15 is 0 Å². The van der Waals surface area contributed by atoms with E-state index in [0.29, 0.717) is 52.9 Å². The zero-order chi connectivity index (χ0) is 20.0. The third kappa shape index (κ3) is 8.22. The van der Waals surface area contributed by atoms with Crippen molar-refractivity contribution in [3.05, 3.63) is 59.9 Å². The van der Waals surface area contributed by atoms with Gasteiger partial charge >= 0.3 is 0 Å². The molecule has 0 unspecified atom stereocenters. The molecule has 1 aliphatic rings. The van der Waals surface area contributed by atoms with Crippen molar-refractivity contribution in [3.63, 3.8) is 0 Å². The van der Waals surface area contributed by atoms with E-state index in [4.69, 9.17) is 18.9 Å². The lowest BCUT2D eigenvalue weighted by Crippen LogP contribution is -2.31. The van der Waals surface area contributed by atoms with Crippen molar-refractivity contribution in [1.29, 1.82) is 0 Å². The summed E-state index contributed by atoms with van der Waals surface area (Å²) >= 11 is 0. The molecule has 0 saturated carbocycles. The number of nitrogens with zero attached hydrogens (tertiary/aromatic N) is 2. The summed E-state index contributed by atoms with van der Waals surface area (Å²) in [6.07, 6.45) is 3.50. The smallest absolute Gasteiger partial charge is 0.0701 e. The Morgan fingerprint density at radius 2 is 1.03 bits per heavy atom. The Bertz CT molecular complexity index is 740. The summed E-state index contributed by atoms with van der Waals surface area (Å²) in [6.45, 7) is 6.41. The Morgan fingerprint density at radius 3 is 1.55 bits per heavy atom. The normalized spacial score (nSPS) is 17.4. The second-order valence-corrected chi connectivity index (χ2v) is 6.47. The number of rotatable bonds is 1. The average Bonchev–Trinajstić information content (AvgIpc) is 2.78. The van der Waals surface area contributed by atoms with E-state index in [1.807, 2.05) is 24.3 Å². The molecule has 2 aromatic rings. The first-order valence-electron chi connectivity index (χ1n) is 10.00. The molecule has 0 N–H and O–H groups in total. The number of hydrogen-bond acceptors (Lipinski definition) is 6. The quantitative estimate of drug-likeness (QED) is 0.690. The van der Waals surface area contributed by atoms with E-state index < -0.39 is 0 Å². The van der Waals surface area contributed by atoms with Gasteiger partial charge in [0.15, 0.2) is 0 Å². The van der Waals surface area contributed by atoms with E-state index in [2.05, 4.69) is 33.9 Å². The highest BCUT2D eigenvalue weighted by molar-refractivity contribution is 5.51. The van der Waals surface area contributed by atoms with Crippen molar-refractivity contribution in [2.75, 3.05) is 70.8 Å². The summed E-state index contributed by atoms with van der Waals surface area (Å²) in [6, 6.07) is 12.1. The summed E-state index contributed by atoms with van der Waals surface area (Å²) in [5.74, 6) is 6.35. The lowest BCUT2D eigenvalue weighted by atomic mass is 10.1. The maximum atomic E-state index is 5.70. The molecule has 154 valence electrons. The molecular weight excluding hydrogens is 368 g/mol. The molecule has 29 heavy (non-hydrogen) atoms. The molecule has 3 rings (SSSR count). The van der Waals surface area contributed by atoms with Gasteiger partial charge in [0.1, 0.15) is 0 Å². The van der Waals surface area contributed by atoms with Gasteiger partial charge < -0.3 is 23.8 Å². The summed E-state index contributed by atoms with van der Waals surface area (Å²) in [5, 5.41) is 0. The molecule has 0 amide bonds. The fraction of sp³-hybridized carbons (Fsp3) is 0.435. The van der Waals surface area contributed by atoms with Crippen LogP contribution in [0.3, 0.4) is 0 Å². The Hall–Kier alpha value is -2.43. The number of pyridine rings is 1. The first-order valence-corrected chi connectivity index (χ1v) is 10.00. The molecule has 1 aromatic heterocycles. The molecule has 0 aliphatic carbocycles. The monoisotopic (exact) mass is 396 g/mol. The number of anilines is 1. The molecule has 0 atom stereocenters. The lowest BCUT2D eigenvalue weighted by Gasteiger charge is -2.25. The fourth-order valence-corrected chi connectivity index (χ4v) is 2.82. The number of benzene rings is 1. The predicted octanol–water partition coefficient (Wildman–Crippen LogP) is 2.37. The van der Waals surface area contributed by atoms with Crippen molar-refractivity contribution in [1.82, 2.24) is 4.98 Å². The van der Waals surface area contributed by atoms with E-state index in [9.17, 15) is 0 Å². The van der Waals surface area contributed by atoms with Gasteiger partial charge in [0.2, 0.25) is 0 Å². The average molecular weight is 396 g/mol. The Kier molecular flexibility index (Phi) is 9.48. The minimum absolute atomic E-state index is 0.588. The van der Waals surface area contributed by atoms with E-state index in [1.54, 1.807) is 12.4 Å². The highest BCUT2D eigenvalue weighted by Crippen LogP contribution is 2.15. The third-order valence-electron chi connectivity index (χ3n) is 4.39. The van der Waals surface area contributed by atoms with Gasteiger partial charge in [0.05, 0.1) is 52.9 Å². The van der Waals surface area contributed by atoms with Crippen molar-refractivity contribution in [3.8, 4) is 11.8 Å². The van der Waals surface area contributed by atoms with Crippen molar-refractivity contribution < 1.29 is 18.9 Å². The maximum absolute atomic E-state index is 5.70. The van der Waals surface area contributed by atoms with Crippen LogP contribution in [-0.2, 0) is 18.9 Å². The van der Waals surface area contributed by atoms with Crippen molar-refractivity contribution in [2.45, 2.75) is 0 Å². The highest BCUT2D eigenvalue weighted by atomic mass is 16.6. The van der Waals surface area contributed by atoms with Gasteiger partial charge in [-0.05, 0) is 36.4 Å². The largest absolute Gasteiger partial charge is 0.377 e. The van der Waals surface area contributed by atoms with Crippen molar-refractivity contribution >= 4 is 5.69 Å². The summed E-state index contributed by atoms with van der Waals surface area (Å²) in [7, 11) is 0. The lowest BCUT2D eigenvalue weighted by molar-refractivity contribution is 0.00206. The van der Waals surface area contributed by atoms with Gasteiger partial charge in [-0.2, -0.15) is 0 Å². The van der Waals surface area contributed by atoms with Gasteiger partial charge in [0.25, 0.3) is 0 Å². The SMILES string of the molecule is C(#Cc1ccc(N2CCOCCOCCOCCOCC2)cc1)c1ccncc1. The molecule has 0 bridgehead atoms. The molecule has 0 radical (unpaired) electrons. The highest BCUT2D eigenvalue weighted by Gasteiger charge is 2.07. The Morgan fingerprint density at radius 1 is 0.586 bits per heavy atom. The minimum Gasteiger partial charge on any atom is -0.377 e. The number of hydrogen-bond donors (Lipinski definition) is 0. The second-order valence-electron chi connectivity index (χ2n) is 6.47. The molecule has 2 heterocycles. The van der Waals surface area contributed by atoms with Gasteiger partial charge in [0, 0.05) is 42.3 Å². The van der Waals surface area contributed by atoms with Crippen LogP contribution in [0.2, 0.25) is 0 Å². The van der Waals surface area contributed by atoms with Crippen LogP contribution in [0, 0.1) is 11.8 Å². The van der Waals surface area contributed by atoms with Crippen LogP contribution in [0.15, 0.2) is 48.8 Å². The van der Waals surface area contributed by atoms with Crippen LogP contribution in [-0.4, -0.2) is 70.9 Å². The molecular formula is C23H28N2O4. The molecule has 6 heteroatoms. The minimum atomic E-state index is 0.588. The van der Waals surface area contributed by atoms with Crippen LogP contribution in [0.25, 0.3) is 0 Å². The van der Waals surface area contributed by atoms with E-state index in [-0.39, 0.29) is 0 Å². The zero-order valence-electron chi connectivity index (χ0n) is 16.7. The molecule has 1 aromatic carbocycles. The number of aromatic nitrogens is 1. The number of ether oxygens (including phenoxy) is 4. The molecule has 1 saturated heterocycles. The topological polar surface area (TPSA) is 53.1 Å². The summed E-state index contributed by atoms with van der Waals surface area (Å²) in [4.78, 5) is 6.27. The van der Waals surface area contributed by atoms with Crippen LogP contribution >= 0.6 is 0 Å². The Labute approximate surface area is 172 Å². The summed E-state index contributed by atoms with van der Waals surface area (Å²) < 4.78 is 22.3. The summed E-state index contributed by atoms with van der Waals surface area (Å²) in [5.41, 5.74) is 3.06. The molecule has 1 aliphatic heterocycles. The van der Waals surface area contributed by atoms with Gasteiger partial charge in [-0.15, -0.1) is 0 Å². The van der Waals surface area contributed by atoms with Crippen LogP contribution < -0.4 is 4.90 Å². The van der Waals surface area contributed by atoms with Crippen LogP contribution in [0.1, 0.15) is 11.1 Å². The zero-order valence-corrected chi connectivity index (χ0v) is 16.7. The molecule has 0 spiro atoms. The fourth-order valence-electron chi connectivity index (χ4n) is 2.82. The van der Waals surface area contributed by atoms with Gasteiger partial charge in [-0.25, -0.2) is 0 Å².